The van der Waals surface area contributed by atoms with E-state index in [1.807, 2.05) is 31.2 Å². The molecule has 1 aromatic heterocycles. The summed E-state index contributed by atoms with van der Waals surface area (Å²) >= 11 is 6.47. The van der Waals surface area contributed by atoms with E-state index in [0.29, 0.717) is 48.0 Å². The summed E-state index contributed by atoms with van der Waals surface area (Å²) in [5, 5.41) is 12.7. The van der Waals surface area contributed by atoms with Crippen LogP contribution in [0.5, 0.6) is 5.75 Å². The quantitative estimate of drug-likeness (QED) is 0.228. The zero-order valence-corrected chi connectivity index (χ0v) is 31.8. The molecule has 0 unspecified atom stereocenters. The number of allylic oxidation sites excluding steroid dienone is 1. The Bertz CT molecular complexity index is 1970. The predicted molar refractivity (Wildman–Crippen MR) is 200 cm³/mol. The number of fused-ring (bicyclic) bond motifs is 4. The number of sulfonamides is 1. The van der Waals surface area contributed by atoms with Gasteiger partial charge in [-0.05, 0) is 105 Å². The fourth-order valence-electron chi connectivity index (χ4n) is 8.75. The molecule has 1 saturated carbocycles. The average Bonchev–Trinajstić information content (AvgIpc) is 3.26. The number of nitrogens with zero attached hydrogens (tertiary/aromatic N) is 2. The number of pyridine rings is 1. The smallest absolute Gasteiger partial charge is 0.264 e. The van der Waals surface area contributed by atoms with Crippen LogP contribution in [0, 0.1) is 17.8 Å². The van der Waals surface area contributed by atoms with Crippen LogP contribution in [0.15, 0.2) is 67.0 Å². The maximum Gasteiger partial charge on any atom is 0.264 e. The number of aromatic nitrogens is 1. The lowest BCUT2D eigenvalue weighted by atomic mass is 9.62. The Balaban J connectivity index is 1.35. The predicted octanol–water partition coefficient (Wildman–Crippen LogP) is 6.46. The number of methoxy groups -OCH3 is 2. The highest BCUT2D eigenvalue weighted by atomic mass is 35.5. The van der Waals surface area contributed by atoms with E-state index < -0.39 is 33.1 Å². The summed E-state index contributed by atoms with van der Waals surface area (Å²) in [6, 6.07) is 13.2. The Kier molecular flexibility index (Phi) is 10.2. The summed E-state index contributed by atoms with van der Waals surface area (Å²) in [5.74, 6) is -0.506. The van der Waals surface area contributed by atoms with Gasteiger partial charge in [0.15, 0.2) is 6.29 Å². The van der Waals surface area contributed by atoms with Gasteiger partial charge in [-0.2, -0.15) is 0 Å². The van der Waals surface area contributed by atoms with Gasteiger partial charge >= 0.3 is 0 Å². The van der Waals surface area contributed by atoms with Crippen molar-refractivity contribution in [1.82, 2.24) is 9.71 Å². The minimum Gasteiger partial charge on any atom is -0.490 e. The number of carbonyl (C=O) groups is 1. The molecule has 278 valence electrons. The summed E-state index contributed by atoms with van der Waals surface area (Å²) in [6.45, 7) is 5.09. The van der Waals surface area contributed by atoms with Gasteiger partial charge in [0.2, 0.25) is 10.0 Å². The molecule has 2 aromatic carbocycles. The van der Waals surface area contributed by atoms with Crippen LogP contribution in [-0.2, 0) is 36.9 Å². The van der Waals surface area contributed by atoms with Crippen molar-refractivity contribution in [3.8, 4) is 5.75 Å². The largest absolute Gasteiger partial charge is 0.490 e. The normalized spacial score (nSPS) is 30.7. The highest BCUT2D eigenvalue weighted by Gasteiger charge is 2.49. The van der Waals surface area contributed by atoms with E-state index in [1.54, 1.807) is 51.7 Å². The van der Waals surface area contributed by atoms with Gasteiger partial charge < -0.3 is 24.2 Å². The first-order valence-corrected chi connectivity index (χ1v) is 20.1. The van der Waals surface area contributed by atoms with Crippen molar-refractivity contribution >= 4 is 33.2 Å². The minimum absolute atomic E-state index is 0.0670. The van der Waals surface area contributed by atoms with Crippen molar-refractivity contribution in [3.63, 3.8) is 0 Å². The number of rotatable bonds is 4. The van der Waals surface area contributed by atoms with Gasteiger partial charge in [0, 0.05) is 72.7 Å². The first-order valence-electron chi connectivity index (χ1n) is 18.1. The molecule has 0 radical (unpaired) electrons. The number of halogens is 1. The van der Waals surface area contributed by atoms with Crippen molar-refractivity contribution in [2.75, 3.05) is 38.8 Å². The van der Waals surface area contributed by atoms with Crippen LogP contribution < -0.4 is 14.4 Å². The molecule has 7 rings (SSSR count). The van der Waals surface area contributed by atoms with Crippen LogP contribution in [0.1, 0.15) is 84.9 Å². The molecule has 3 heterocycles. The maximum absolute atomic E-state index is 13.6. The zero-order chi connectivity index (χ0) is 36.8. The highest BCUT2D eigenvalue weighted by molar-refractivity contribution is 7.90. The SMILES string of the molecule is COC(OC)c1cncc([C@@]2(O)/C=C\C[C@H](C)[C@@H](C)S(=O)(=O)NC(=O)c3ccc4c(c3)N(C[C@@H]3CC[C@H]32)C[C@@]2(CCCc3cc(Cl)ccc32)CO4)c1. The molecule has 1 fully saturated rings. The summed E-state index contributed by atoms with van der Waals surface area (Å²) < 4.78 is 47.1. The topological polar surface area (TPSA) is 127 Å². The molecule has 12 heteroatoms. The number of anilines is 1. The second-order valence-corrected chi connectivity index (χ2v) is 17.6. The number of nitrogens with one attached hydrogen (secondary N) is 1. The lowest BCUT2D eigenvalue weighted by Crippen LogP contribution is -2.51. The number of aryl methyl sites for hydroxylation is 1. The van der Waals surface area contributed by atoms with Gasteiger partial charge in [-0.3, -0.25) is 9.78 Å². The van der Waals surface area contributed by atoms with Gasteiger partial charge in [0.05, 0.1) is 17.5 Å². The monoisotopic (exact) mass is 749 g/mol. The number of aliphatic hydroxyl groups is 1. The minimum atomic E-state index is -4.04. The lowest BCUT2D eigenvalue weighted by Gasteiger charge is -2.49. The van der Waals surface area contributed by atoms with Gasteiger partial charge in [0.1, 0.15) is 11.4 Å². The van der Waals surface area contributed by atoms with Gasteiger partial charge in [-0.15, -0.1) is 0 Å². The Morgan fingerprint density at radius 1 is 1.10 bits per heavy atom. The third-order valence-corrected chi connectivity index (χ3v) is 14.2. The van der Waals surface area contributed by atoms with Gasteiger partial charge in [0.25, 0.3) is 5.91 Å². The number of benzene rings is 2. The fourth-order valence-corrected chi connectivity index (χ4v) is 10.2. The molecule has 0 saturated heterocycles. The number of amides is 1. The molecular formula is C40H48ClN3O7S. The Hall–Kier alpha value is -3.48. The Labute approximate surface area is 311 Å². The third kappa shape index (κ3) is 6.75. The van der Waals surface area contributed by atoms with Crippen molar-refractivity contribution in [1.29, 1.82) is 0 Å². The molecule has 6 atom stereocenters. The summed E-state index contributed by atoms with van der Waals surface area (Å²) in [7, 11) is -0.919. The van der Waals surface area contributed by atoms with E-state index in [0.717, 1.165) is 37.8 Å². The average molecular weight is 750 g/mol. The number of carbonyl (C=O) groups excluding carboxylic acids is 1. The maximum atomic E-state index is 13.6. The first kappa shape index (κ1) is 36.9. The van der Waals surface area contributed by atoms with E-state index in [-0.39, 0.29) is 28.7 Å². The Morgan fingerprint density at radius 3 is 2.65 bits per heavy atom. The van der Waals surface area contributed by atoms with Crippen molar-refractivity contribution < 1.29 is 32.5 Å². The molecule has 1 spiro atoms. The zero-order valence-electron chi connectivity index (χ0n) is 30.2. The van der Waals surface area contributed by atoms with E-state index >= 15 is 0 Å². The second-order valence-electron chi connectivity index (χ2n) is 15.2. The van der Waals surface area contributed by atoms with E-state index in [4.69, 9.17) is 25.8 Å². The summed E-state index contributed by atoms with van der Waals surface area (Å²) in [5.41, 5.74) is 2.94. The number of hydrogen-bond donors (Lipinski definition) is 2. The van der Waals surface area contributed by atoms with Crippen LogP contribution in [0.2, 0.25) is 5.02 Å². The van der Waals surface area contributed by atoms with Crippen LogP contribution in [0.4, 0.5) is 5.69 Å². The summed E-state index contributed by atoms with van der Waals surface area (Å²) in [6.07, 6.45) is 11.3. The molecule has 2 aliphatic carbocycles. The van der Waals surface area contributed by atoms with Crippen LogP contribution in [0.3, 0.4) is 0 Å². The fraction of sp³-hybridized carbons (Fsp3) is 0.500. The van der Waals surface area contributed by atoms with Crippen molar-refractivity contribution in [2.45, 2.75) is 74.9 Å². The second kappa shape index (κ2) is 14.4. The molecule has 52 heavy (non-hydrogen) atoms. The molecule has 3 aromatic rings. The van der Waals surface area contributed by atoms with Crippen molar-refractivity contribution in [3.05, 3.63) is 99.9 Å². The molecule has 10 nitrogen and oxygen atoms in total. The molecule has 2 N–H and O–H groups in total. The molecular weight excluding hydrogens is 702 g/mol. The van der Waals surface area contributed by atoms with Crippen molar-refractivity contribution in [2.24, 2.45) is 17.8 Å². The lowest BCUT2D eigenvalue weighted by molar-refractivity contribution is -0.106. The van der Waals surface area contributed by atoms with E-state index in [1.165, 1.54) is 11.1 Å². The molecule has 2 bridgehead atoms. The molecule has 1 amide bonds. The highest BCUT2D eigenvalue weighted by Crippen LogP contribution is 2.51. The standard InChI is InChI=1S/C40H48ClN3O7S/c1-25-7-5-16-40(46,31-17-30(20-42-21-31)38(49-3)50-4)34-12-9-29(34)22-44-23-39(15-6-8-27-18-32(41)11-13-33(27)39)24-51-36-14-10-28(19-35(36)44)37(45)43-52(47,48)26(25)2/h5,10-11,13-14,16-21,25-26,29,34,38,46H,6-9,12,15,22-24H2,1-4H3,(H,43,45)/b16-5-/t25-,26+,29-,34+,39-,40-/m0/s1. The summed E-state index contributed by atoms with van der Waals surface area (Å²) in [4.78, 5) is 20.4. The number of hydrogen-bond acceptors (Lipinski definition) is 9. The van der Waals surface area contributed by atoms with Crippen LogP contribution in [0.25, 0.3) is 0 Å². The molecule has 2 aliphatic heterocycles. The first-order chi connectivity index (χ1) is 24.9. The van der Waals surface area contributed by atoms with E-state index in [2.05, 4.69) is 26.7 Å². The molecule has 4 aliphatic rings. The van der Waals surface area contributed by atoms with Crippen LogP contribution >= 0.6 is 11.6 Å². The Morgan fingerprint density at radius 2 is 1.90 bits per heavy atom. The number of ether oxygens (including phenoxy) is 3. The van der Waals surface area contributed by atoms with E-state index in [9.17, 15) is 18.3 Å². The third-order valence-electron chi connectivity index (χ3n) is 12.1. The van der Waals surface area contributed by atoms with Gasteiger partial charge in [-0.1, -0.05) is 36.7 Å². The van der Waals surface area contributed by atoms with Gasteiger partial charge in [-0.25, -0.2) is 13.1 Å². The van der Waals surface area contributed by atoms with Crippen LogP contribution in [-0.4, -0.2) is 63.6 Å².